The molecule has 0 saturated heterocycles. The van der Waals surface area contributed by atoms with E-state index in [2.05, 4.69) is 20.8 Å². The van der Waals surface area contributed by atoms with Gasteiger partial charge in [-0.15, -0.1) is 0 Å². The van der Waals surface area contributed by atoms with E-state index >= 15 is 0 Å². The predicted octanol–water partition coefficient (Wildman–Crippen LogP) is 3.12. The number of methoxy groups -OCH3 is 1. The van der Waals surface area contributed by atoms with Crippen LogP contribution in [0.4, 0.5) is 0 Å². The van der Waals surface area contributed by atoms with Gasteiger partial charge in [0.2, 0.25) is 0 Å². The lowest BCUT2D eigenvalue weighted by Gasteiger charge is -2.21. The smallest absolute Gasteiger partial charge is 0.118 e. The molecule has 0 amide bonds. The Balaban J connectivity index is 2.96. The van der Waals surface area contributed by atoms with E-state index < -0.39 is 0 Å². The third kappa shape index (κ3) is 3.38. The zero-order valence-electron chi connectivity index (χ0n) is 10.4. The normalized spacial score (nSPS) is 12.7. The molecule has 0 radical (unpaired) electrons. The Morgan fingerprint density at radius 2 is 1.81 bits per heavy atom. The van der Waals surface area contributed by atoms with Crippen LogP contribution in [0, 0.1) is 5.41 Å². The summed E-state index contributed by atoms with van der Waals surface area (Å²) < 4.78 is 5.10. The van der Waals surface area contributed by atoms with Gasteiger partial charge in [0, 0.05) is 0 Å². The van der Waals surface area contributed by atoms with Crippen molar-refractivity contribution in [3.8, 4) is 5.75 Å². The highest BCUT2D eigenvalue weighted by Crippen LogP contribution is 2.27. The molecule has 0 spiro atoms. The van der Waals surface area contributed by atoms with Crippen LogP contribution in [0.3, 0.4) is 0 Å². The zero-order chi connectivity index (χ0) is 12.2. The SMILES string of the molecule is COc1ccc(/C=C(\CO)C(C)(C)C)cc1. The average Bonchev–Trinajstić information content (AvgIpc) is 2.25. The summed E-state index contributed by atoms with van der Waals surface area (Å²) >= 11 is 0. The largest absolute Gasteiger partial charge is 0.497 e. The van der Waals surface area contributed by atoms with E-state index in [1.165, 1.54) is 0 Å². The summed E-state index contributed by atoms with van der Waals surface area (Å²) in [5.41, 5.74) is 2.10. The van der Waals surface area contributed by atoms with Gasteiger partial charge in [0.15, 0.2) is 0 Å². The highest BCUT2D eigenvalue weighted by molar-refractivity contribution is 5.55. The maximum absolute atomic E-state index is 9.33. The molecule has 0 atom stereocenters. The van der Waals surface area contributed by atoms with E-state index in [0.29, 0.717) is 0 Å². The number of ether oxygens (including phenoxy) is 1. The summed E-state index contributed by atoms with van der Waals surface area (Å²) in [4.78, 5) is 0. The lowest BCUT2D eigenvalue weighted by Crippen LogP contribution is -2.12. The number of benzene rings is 1. The van der Waals surface area contributed by atoms with Crippen molar-refractivity contribution >= 4 is 6.08 Å². The Morgan fingerprint density at radius 1 is 1.25 bits per heavy atom. The number of hydrogen-bond acceptors (Lipinski definition) is 2. The van der Waals surface area contributed by atoms with E-state index in [0.717, 1.165) is 16.9 Å². The highest BCUT2D eigenvalue weighted by atomic mass is 16.5. The molecule has 1 rings (SSSR count). The molecule has 2 nitrogen and oxygen atoms in total. The minimum atomic E-state index is -0.00528. The molecule has 0 aliphatic heterocycles. The van der Waals surface area contributed by atoms with Gasteiger partial charge >= 0.3 is 0 Å². The van der Waals surface area contributed by atoms with Crippen molar-refractivity contribution < 1.29 is 9.84 Å². The molecule has 0 unspecified atom stereocenters. The molecule has 88 valence electrons. The third-order valence-corrected chi connectivity index (χ3v) is 2.59. The van der Waals surface area contributed by atoms with Crippen molar-refractivity contribution in [2.45, 2.75) is 20.8 Å². The average molecular weight is 220 g/mol. The van der Waals surface area contributed by atoms with Crippen LogP contribution >= 0.6 is 0 Å². The van der Waals surface area contributed by atoms with Crippen molar-refractivity contribution in [2.24, 2.45) is 5.41 Å². The summed E-state index contributed by atoms with van der Waals surface area (Å²) in [6.45, 7) is 6.38. The zero-order valence-corrected chi connectivity index (χ0v) is 10.4. The van der Waals surface area contributed by atoms with E-state index in [1.54, 1.807) is 7.11 Å². The van der Waals surface area contributed by atoms with Crippen molar-refractivity contribution in [1.82, 2.24) is 0 Å². The van der Waals surface area contributed by atoms with Gasteiger partial charge in [-0.1, -0.05) is 39.0 Å². The molecule has 16 heavy (non-hydrogen) atoms. The van der Waals surface area contributed by atoms with Crippen molar-refractivity contribution in [1.29, 1.82) is 0 Å². The van der Waals surface area contributed by atoms with E-state index in [4.69, 9.17) is 4.74 Å². The van der Waals surface area contributed by atoms with Crippen LogP contribution in [-0.4, -0.2) is 18.8 Å². The maximum Gasteiger partial charge on any atom is 0.118 e. The van der Waals surface area contributed by atoms with Gasteiger partial charge in [-0.25, -0.2) is 0 Å². The molecule has 1 aromatic rings. The summed E-state index contributed by atoms with van der Waals surface area (Å²) in [6.07, 6.45) is 2.03. The van der Waals surface area contributed by atoms with Crippen LogP contribution in [0.15, 0.2) is 29.8 Å². The third-order valence-electron chi connectivity index (χ3n) is 2.59. The molecular formula is C14H20O2. The Labute approximate surface area is 97.6 Å². The minimum absolute atomic E-state index is 0.00528. The van der Waals surface area contributed by atoms with Crippen LogP contribution in [0.2, 0.25) is 0 Å². The summed E-state index contributed by atoms with van der Waals surface area (Å²) in [6, 6.07) is 7.81. The van der Waals surface area contributed by atoms with E-state index in [1.807, 2.05) is 30.3 Å². The van der Waals surface area contributed by atoms with Crippen molar-refractivity contribution in [3.63, 3.8) is 0 Å². The first kappa shape index (κ1) is 12.8. The first-order valence-electron chi connectivity index (χ1n) is 5.43. The van der Waals surface area contributed by atoms with Gasteiger partial charge in [-0.2, -0.15) is 0 Å². The first-order chi connectivity index (χ1) is 7.47. The van der Waals surface area contributed by atoms with Crippen LogP contribution in [-0.2, 0) is 0 Å². The Bertz CT molecular complexity index is 355. The lowest BCUT2D eigenvalue weighted by molar-refractivity contribution is 0.298. The molecule has 0 fully saturated rings. The second-order valence-electron chi connectivity index (χ2n) is 4.85. The van der Waals surface area contributed by atoms with Gasteiger partial charge in [-0.3, -0.25) is 0 Å². The second-order valence-corrected chi connectivity index (χ2v) is 4.85. The number of aliphatic hydroxyl groups is 1. The minimum Gasteiger partial charge on any atom is -0.497 e. The standard InChI is InChI=1S/C14H20O2/c1-14(2,3)12(10-15)9-11-5-7-13(16-4)8-6-11/h5-9,15H,10H2,1-4H3/b12-9+. The molecule has 0 aliphatic rings. The predicted molar refractivity (Wildman–Crippen MR) is 67.5 cm³/mol. The summed E-state index contributed by atoms with van der Waals surface area (Å²) in [5.74, 6) is 0.846. The molecule has 1 N–H and O–H groups in total. The second kappa shape index (κ2) is 5.17. The highest BCUT2D eigenvalue weighted by Gasteiger charge is 2.15. The molecule has 2 heteroatoms. The van der Waals surface area contributed by atoms with Crippen molar-refractivity contribution in [3.05, 3.63) is 35.4 Å². The number of rotatable bonds is 3. The van der Waals surface area contributed by atoms with Crippen LogP contribution in [0.1, 0.15) is 26.3 Å². The van der Waals surface area contributed by atoms with Gasteiger partial charge in [0.05, 0.1) is 13.7 Å². The molecular weight excluding hydrogens is 200 g/mol. The molecule has 0 saturated carbocycles. The fourth-order valence-electron chi connectivity index (χ4n) is 1.40. The summed E-state index contributed by atoms with van der Waals surface area (Å²) in [5, 5.41) is 9.33. The fourth-order valence-corrected chi connectivity index (χ4v) is 1.40. The van der Waals surface area contributed by atoms with Gasteiger partial charge < -0.3 is 9.84 Å². The molecule has 0 bridgehead atoms. The van der Waals surface area contributed by atoms with Crippen LogP contribution in [0.25, 0.3) is 6.08 Å². The fraction of sp³-hybridized carbons (Fsp3) is 0.429. The van der Waals surface area contributed by atoms with Crippen molar-refractivity contribution in [2.75, 3.05) is 13.7 Å². The Hall–Kier alpha value is -1.28. The summed E-state index contributed by atoms with van der Waals surface area (Å²) in [7, 11) is 1.65. The van der Waals surface area contributed by atoms with Crippen LogP contribution in [0.5, 0.6) is 5.75 Å². The molecule has 0 aliphatic carbocycles. The molecule has 0 heterocycles. The molecule has 0 aromatic heterocycles. The van der Waals surface area contributed by atoms with Gasteiger partial charge in [-0.05, 0) is 28.7 Å². The maximum atomic E-state index is 9.33. The molecule has 1 aromatic carbocycles. The Kier molecular flexibility index (Phi) is 4.13. The topological polar surface area (TPSA) is 29.5 Å². The Morgan fingerprint density at radius 3 is 2.19 bits per heavy atom. The number of aliphatic hydroxyl groups excluding tert-OH is 1. The lowest BCUT2D eigenvalue weighted by atomic mass is 9.86. The number of hydrogen-bond donors (Lipinski definition) is 1. The quantitative estimate of drug-likeness (QED) is 0.848. The van der Waals surface area contributed by atoms with E-state index in [9.17, 15) is 5.11 Å². The monoisotopic (exact) mass is 220 g/mol. The van der Waals surface area contributed by atoms with Gasteiger partial charge in [0.25, 0.3) is 0 Å². The first-order valence-corrected chi connectivity index (χ1v) is 5.43. The van der Waals surface area contributed by atoms with Crippen LogP contribution < -0.4 is 4.74 Å². The van der Waals surface area contributed by atoms with Gasteiger partial charge in [0.1, 0.15) is 5.75 Å². The van der Waals surface area contributed by atoms with E-state index in [-0.39, 0.29) is 12.0 Å².